The smallest absolute Gasteiger partial charge is 0.0928 e. The van der Waals surface area contributed by atoms with Crippen LogP contribution in [-0.4, -0.2) is 6.67 Å². The van der Waals surface area contributed by atoms with Crippen LogP contribution in [0.15, 0.2) is 12.2 Å². The van der Waals surface area contributed by atoms with Crippen LogP contribution in [0.4, 0.5) is 4.39 Å². The minimum absolute atomic E-state index is 0.204. The molecule has 0 aromatic rings. The fraction of sp³-hybridized carbons (Fsp3) is 0.926. The third-order valence-electron chi connectivity index (χ3n) is 8.81. The topological polar surface area (TPSA) is 0 Å². The Bertz CT molecular complexity index is 418. The molecule has 0 atom stereocenters. The van der Waals surface area contributed by atoms with Gasteiger partial charge in [-0.1, -0.05) is 57.6 Å². The lowest BCUT2D eigenvalue weighted by atomic mass is 9.64. The van der Waals surface area contributed by atoms with Gasteiger partial charge in [-0.05, 0) is 106 Å². The quantitative estimate of drug-likeness (QED) is 0.345. The van der Waals surface area contributed by atoms with E-state index in [-0.39, 0.29) is 6.67 Å². The van der Waals surface area contributed by atoms with Gasteiger partial charge in [-0.3, -0.25) is 4.39 Å². The maximum absolute atomic E-state index is 12.1. The summed E-state index contributed by atoms with van der Waals surface area (Å²) >= 11 is 0. The zero-order valence-electron chi connectivity index (χ0n) is 18.7. The Morgan fingerprint density at radius 3 is 1.39 bits per heavy atom. The van der Waals surface area contributed by atoms with E-state index in [1.54, 1.807) is 38.5 Å². The Morgan fingerprint density at radius 2 is 0.964 bits per heavy atom. The largest absolute Gasteiger partial charge is 0.251 e. The molecule has 3 saturated carbocycles. The van der Waals surface area contributed by atoms with Gasteiger partial charge in [0.25, 0.3) is 0 Å². The average molecular weight is 391 g/mol. The molecule has 0 saturated heterocycles. The monoisotopic (exact) mass is 390 g/mol. The van der Waals surface area contributed by atoms with Crippen molar-refractivity contribution in [2.24, 2.45) is 35.5 Å². The van der Waals surface area contributed by atoms with Crippen LogP contribution in [0.1, 0.15) is 116 Å². The van der Waals surface area contributed by atoms with Gasteiger partial charge in [0.15, 0.2) is 0 Å². The van der Waals surface area contributed by atoms with Crippen molar-refractivity contribution in [1.82, 2.24) is 0 Å². The van der Waals surface area contributed by atoms with Gasteiger partial charge < -0.3 is 0 Å². The maximum Gasteiger partial charge on any atom is 0.0928 e. The second-order valence-electron chi connectivity index (χ2n) is 10.6. The molecule has 0 aromatic carbocycles. The number of allylic oxidation sites excluding steroid dienone is 2. The van der Waals surface area contributed by atoms with Crippen LogP contribution in [-0.2, 0) is 0 Å². The lowest BCUT2D eigenvalue weighted by Gasteiger charge is -2.41. The van der Waals surface area contributed by atoms with Crippen molar-refractivity contribution < 1.29 is 4.39 Å². The van der Waals surface area contributed by atoms with E-state index in [1.165, 1.54) is 64.2 Å². The molecule has 0 nitrogen and oxygen atoms in total. The van der Waals surface area contributed by atoms with E-state index in [0.29, 0.717) is 6.42 Å². The van der Waals surface area contributed by atoms with Crippen molar-refractivity contribution in [3.05, 3.63) is 12.2 Å². The number of hydrogen-bond acceptors (Lipinski definition) is 0. The summed E-state index contributed by atoms with van der Waals surface area (Å²) in [7, 11) is 0. The maximum atomic E-state index is 12.1. The van der Waals surface area contributed by atoms with Crippen LogP contribution in [0, 0.1) is 35.5 Å². The fourth-order valence-corrected chi connectivity index (χ4v) is 7.02. The van der Waals surface area contributed by atoms with Crippen molar-refractivity contribution in [3.63, 3.8) is 0 Å². The molecule has 162 valence electrons. The molecule has 3 aliphatic carbocycles. The van der Waals surface area contributed by atoms with Gasteiger partial charge >= 0.3 is 0 Å². The fourth-order valence-electron chi connectivity index (χ4n) is 7.02. The Morgan fingerprint density at radius 1 is 0.571 bits per heavy atom. The molecule has 3 aliphatic rings. The average Bonchev–Trinajstić information content (AvgIpc) is 2.75. The summed E-state index contributed by atoms with van der Waals surface area (Å²) in [5.74, 6) is 6.26. The third kappa shape index (κ3) is 6.88. The molecule has 0 spiro atoms. The minimum Gasteiger partial charge on any atom is -0.251 e. The van der Waals surface area contributed by atoms with Crippen molar-refractivity contribution >= 4 is 0 Å². The lowest BCUT2D eigenvalue weighted by molar-refractivity contribution is 0.103. The van der Waals surface area contributed by atoms with Crippen LogP contribution in [0.5, 0.6) is 0 Å². The molecule has 0 aromatic heterocycles. The van der Waals surface area contributed by atoms with E-state index < -0.39 is 0 Å². The van der Waals surface area contributed by atoms with E-state index in [1.807, 2.05) is 6.08 Å². The molecular weight excluding hydrogens is 343 g/mol. The third-order valence-corrected chi connectivity index (χ3v) is 8.81. The van der Waals surface area contributed by atoms with E-state index in [9.17, 15) is 4.39 Å². The molecule has 0 N–H and O–H groups in total. The summed E-state index contributed by atoms with van der Waals surface area (Å²) < 4.78 is 12.1. The van der Waals surface area contributed by atoms with Gasteiger partial charge in [0.1, 0.15) is 0 Å². The van der Waals surface area contributed by atoms with Crippen molar-refractivity contribution in [3.8, 4) is 0 Å². The highest BCUT2D eigenvalue weighted by Crippen LogP contribution is 2.46. The molecule has 0 heterocycles. The number of halogens is 1. The summed E-state index contributed by atoms with van der Waals surface area (Å²) in [6, 6.07) is 0. The first-order valence-electron chi connectivity index (χ1n) is 13.0. The Hall–Kier alpha value is -0.330. The van der Waals surface area contributed by atoms with Gasteiger partial charge in [-0.2, -0.15) is 0 Å². The van der Waals surface area contributed by atoms with E-state index in [2.05, 4.69) is 13.0 Å². The molecule has 0 radical (unpaired) electrons. The molecule has 0 aliphatic heterocycles. The first-order chi connectivity index (χ1) is 13.8. The van der Waals surface area contributed by atoms with Gasteiger partial charge in [-0.25, -0.2) is 0 Å². The summed E-state index contributed by atoms with van der Waals surface area (Å²) in [5.41, 5.74) is 0. The lowest BCUT2D eigenvalue weighted by Crippen LogP contribution is -2.29. The molecule has 0 bridgehead atoms. The predicted octanol–water partition coefficient (Wildman–Crippen LogP) is 8.90. The number of alkyl halides is 1. The second-order valence-corrected chi connectivity index (χ2v) is 10.6. The van der Waals surface area contributed by atoms with E-state index in [0.717, 1.165) is 35.5 Å². The standard InChI is InChI=1S/C27H47F/c1-2-7-22-9-13-24(14-10-22)26-17-19-27(20-18-26)25-15-11-23(12-16-25)8-5-3-4-6-21-28/h3-4,22-27H,2,5-21H2,1H3/b4-3+/t22?,23-,24?,25-,26?,27?. The molecular formula is C27H47F. The second kappa shape index (κ2) is 12.4. The molecule has 3 fully saturated rings. The highest BCUT2D eigenvalue weighted by Gasteiger charge is 2.34. The highest BCUT2D eigenvalue weighted by molar-refractivity contribution is 4.87. The van der Waals surface area contributed by atoms with Crippen molar-refractivity contribution in [2.75, 3.05) is 6.67 Å². The number of rotatable bonds is 9. The SMILES string of the molecule is CCCC1CCC(C2CCC([C@H]3CC[C@H](CC/C=C/CCF)CC3)CC2)CC1. The van der Waals surface area contributed by atoms with Crippen LogP contribution in [0.3, 0.4) is 0 Å². The number of hydrogen-bond donors (Lipinski definition) is 0. The van der Waals surface area contributed by atoms with E-state index >= 15 is 0 Å². The zero-order valence-corrected chi connectivity index (χ0v) is 18.7. The van der Waals surface area contributed by atoms with Crippen LogP contribution < -0.4 is 0 Å². The predicted molar refractivity (Wildman–Crippen MR) is 120 cm³/mol. The van der Waals surface area contributed by atoms with Gasteiger partial charge in [0, 0.05) is 0 Å². The Kier molecular flexibility index (Phi) is 9.89. The zero-order chi connectivity index (χ0) is 19.6. The summed E-state index contributed by atoms with van der Waals surface area (Å²) in [5, 5.41) is 0. The first kappa shape index (κ1) is 22.4. The summed E-state index contributed by atoms with van der Waals surface area (Å²) in [6.07, 6.45) is 28.5. The minimum atomic E-state index is -0.204. The Labute approximate surface area is 175 Å². The van der Waals surface area contributed by atoms with Gasteiger partial charge in [0.2, 0.25) is 0 Å². The summed E-state index contributed by atoms with van der Waals surface area (Å²) in [6.45, 7) is 2.15. The Balaban J connectivity index is 1.30. The van der Waals surface area contributed by atoms with Crippen LogP contribution in [0.2, 0.25) is 0 Å². The van der Waals surface area contributed by atoms with Gasteiger partial charge in [-0.15, -0.1) is 0 Å². The van der Waals surface area contributed by atoms with Crippen LogP contribution in [0.25, 0.3) is 0 Å². The summed E-state index contributed by atoms with van der Waals surface area (Å²) in [4.78, 5) is 0. The molecule has 0 unspecified atom stereocenters. The molecule has 1 heteroatoms. The molecule has 0 amide bonds. The van der Waals surface area contributed by atoms with Crippen LogP contribution >= 0.6 is 0 Å². The molecule has 3 rings (SSSR count). The van der Waals surface area contributed by atoms with E-state index in [4.69, 9.17) is 0 Å². The normalized spacial score (nSPS) is 37.4. The molecule has 28 heavy (non-hydrogen) atoms. The van der Waals surface area contributed by atoms with Crippen molar-refractivity contribution in [1.29, 1.82) is 0 Å². The highest BCUT2D eigenvalue weighted by atomic mass is 19.1. The van der Waals surface area contributed by atoms with Crippen molar-refractivity contribution in [2.45, 2.75) is 116 Å². The first-order valence-corrected chi connectivity index (χ1v) is 13.0. The van der Waals surface area contributed by atoms with Gasteiger partial charge in [0.05, 0.1) is 6.67 Å².